The quantitative estimate of drug-likeness (QED) is 0.738. The molecule has 80 valence electrons. The molecule has 4 nitrogen and oxygen atoms in total. The molecule has 2 unspecified atom stereocenters. The summed E-state index contributed by atoms with van der Waals surface area (Å²) < 4.78 is 1.65. The highest BCUT2D eigenvalue weighted by Gasteiger charge is 2.47. The van der Waals surface area contributed by atoms with Crippen LogP contribution < -0.4 is 0 Å². The van der Waals surface area contributed by atoms with E-state index in [9.17, 15) is 4.79 Å². The van der Waals surface area contributed by atoms with Gasteiger partial charge < -0.3 is 0 Å². The fourth-order valence-corrected chi connectivity index (χ4v) is 2.78. The van der Waals surface area contributed by atoms with Crippen molar-refractivity contribution in [1.29, 1.82) is 0 Å². The summed E-state index contributed by atoms with van der Waals surface area (Å²) >= 11 is 0. The van der Waals surface area contributed by atoms with E-state index >= 15 is 0 Å². The maximum absolute atomic E-state index is 11.9. The molecule has 2 atom stereocenters. The van der Waals surface area contributed by atoms with Crippen LogP contribution in [-0.4, -0.2) is 20.8 Å². The van der Waals surface area contributed by atoms with Crippen LogP contribution in [0.1, 0.15) is 25.0 Å². The van der Waals surface area contributed by atoms with E-state index in [0.29, 0.717) is 18.1 Å². The van der Waals surface area contributed by atoms with E-state index in [-0.39, 0.29) is 0 Å². The fraction of sp³-hybridized carbons (Fsp3) is 0.727. The number of hydrogen-bond acceptors (Lipinski definition) is 3. The van der Waals surface area contributed by atoms with Gasteiger partial charge in [0.2, 0.25) is 0 Å². The van der Waals surface area contributed by atoms with Crippen molar-refractivity contribution in [3.05, 3.63) is 11.9 Å². The largest absolute Gasteiger partial charge is 0.299 e. The van der Waals surface area contributed by atoms with E-state index in [1.54, 1.807) is 4.68 Å². The van der Waals surface area contributed by atoms with Crippen LogP contribution in [0.5, 0.6) is 0 Å². The second-order valence-electron chi connectivity index (χ2n) is 4.95. The Morgan fingerprint density at radius 2 is 2.20 bits per heavy atom. The number of Topliss-reactive ketones (excluding diaryl/α,β-unsaturated/α-hetero) is 1. The molecule has 0 bridgehead atoms. The number of nitrogens with zero attached hydrogens (tertiary/aromatic N) is 3. The summed E-state index contributed by atoms with van der Waals surface area (Å²) in [5, 5.41) is 7.78. The van der Waals surface area contributed by atoms with Crippen molar-refractivity contribution >= 4 is 5.78 Å². The van der Waals surface area contributed by atoms with Crippen LogP contribution in [-0.2, 0) is 18.3 Å². The van der Waals surface area contributed by atoms with Gasteiger partial charge in [-0.25, -0.2) is 0 Å². The molecule has 2 saturated carbocycles. The van der Waals surface area contributed by atoms with E-state index in [1.165, 1.54) is 6.42 Å². The first-order valence-corrected chi connectivity index (χ1v) is 5.60. The monoisotopic (exact) mass is 205 g/mol. The number of aryl methyl sites for hydroxylation is 1. The summed E-state index contributed by atoms with van der Waals surface area (Å²) in [5.41, 5.74) is 0.808. The molecular weight excluding hydrogens is 190 g/mol. The second-order valence-corrected chi connectivity index (χ2v) is 4.95. The summed E-state index contributed by atoms with van der Waals surface area (Å²) in [5.74, 6) is 2.43. The smallest absolute Gasteiger partial charge is 0.142 e. The van der Waals surface area contributed by atoms with E-state index in [4.69, 9.17) is 0 Å². The van der Waals surface area contributed by atoms with Crippen molar-refractivity contribution in [3.8, 4) is 0 Å². The zero-order valence-electron chi connectivity index (χ0n) is 8.89. The number of carbonyl (C=O) groups is 1. The van der Waals surface area contributed by atoms with Crippen LogP contribution in [0.15, 0.2) is 6.20 Å². The lowest BCUT2D eigenvalue weighted by atomic mass is 9.95. The molecule has 0 aromatic carbocycles. The van der Waals surface area contributed by atoms with E-state index < -0.39 is 0 Å². The minimum Gasteiger partial charge on any atom is -0.299 e. The molecule has 2 aliphatic carbocycles. The van der Waals surface area contributed by atoms with E-state index in [1.807, 2.05) is 13.2 Å². The van der Waals surface area contributed by atoms with Crippen molar-refractivity contribution in [2.75, 3.05) is 0 Å². The minimum absolute atomic E-state index is 0.316. The molecule has 0 N–H and O–H groups in total. The van der Waals surface area contributed by atoms with Gasteiger partial charge >= 0.3 is 0 Å². The van der Waals surface area contributed by atoms with Gasteiger partial charge in [-0.1, -0.05) is 5.21 Å². The molecule has 15 heavy (non-hydrogen) atoms. The van der Waals surface area contributed by atoms with Crippen LogP contribution in [0.3, 0.4) is 0 Å². The van der Waals surface area contributed by atoms with Gasteiger partial charge in [-0.05, 0) is 31.1 Å². The molecule has 4 heteroatoms. The third kappa shape index (κ3) is 1.68. The summed E-state index contributed by atoms with van der Waals surface area (Å²) in [4.78, 5) is 11.9. The standard InChI is InChI=1S/C11H15N3O/c1-14-6-10(12-13-14)5-11(15)9-3-7-2-8(7)4-9/h6-9H,2-5H2,1H3. The van der Waals surface area contributed by atoms with Crippen LogP contribution in [0.4, 0.5) is 0 Å². The number of fused-ring (bicyclic) bond motifs is 1. The molecule has 0 amide bonds. The summed E-state index contributed by atoms with van der Waals surface area (Å²) in [6.45, 7) is 0. The molecule has 0 spiro atoms. The molecular formula is C11H15N3O. The van der Waals surface area contributed by atoms with E-state index in [0.717, 1.165) is 30.4 Å². The third-order valence-electron chi connectivity index (χ3n) is 3.70. The van der Waals surface area contributed by atoms with Crippen molar-refractivity contribution in [1.82, 2.24) is 15.0 Å². The van der Waals surface area contributed by atoms with Crippen LogP contribution >= 0.6 is 0 Å². The highest BCUT2D eigenvalue weighted by molar-refractivity contribution is 5.83. The van der Waals surface area contributed by atoms with Gasteiger partial charge in [-0.2, -0.15) is 0 Å². The molecule has 0 aliphatic heterocycles. The van der Waals surface area contributed by atoms with Gasteiger partial charge in [-0.15, -0.1) is 5.10 Å². The topological polar surface area (TPSA) is 47.8 Å². The number of rotatable bonds is 3. The predicted octanol–water partition coefficient (Wildman–Crippen LogP) is 0.973. The van der Waals surface area contributed by atoms with Gasteiger partial charge in [0.05, 0.1) is 12.1 Å². The number of hydrogen-bond donors (Lipinski definition) is 0. The minimum atomic E-state index is 0.316. The summed E-state index contributed by atoms with van der Waals surface area (Å²) in [6, 6.07) is 0. The van der Waals surface area contributed by atoms with Gasteiger partial charge in [0.15, 0.2) is 0 Å². The van der Waals surface area contributed by atoms with Gasteiger partial charge in [-0.3, -0.25) is 9.48 Å². The van der Waals surface area contributed by atoms with Crippen LogP contribution in [0, 0.1) is 17.8 Å². The Kier molecular flexibility index (Phi) is 1.90. The van der Waals surface area contributed by atoms with Crippen LogP contribution in [0.2, 0.25) is 0 Å². The number of aromatic nitrogens is 3. The first-order chi connectivity index (χ1) is 7.22. The maximum Gasteiger partial charge on any atom is 0.142 e. The second kappa shape index (κ2) is 3.15. The molecule has 0 radical (unpaired) electrons. The molecule has 0 saturated heterocycles. The summed E-state index contributed by atoms with van der Waals surface area (Å²) in [7, 11) is 1.83. The van der Waals surface area contributed by atoms with Crippen LogP contribution in [0.25, 0.3) is 0 Å². The van der Waals surface area contributed by atoms with Crippen molar-refractivity contribution < 1.29 is 4.79 Å². The highest BCUT2D eigenvalue weighted by Crippen LogP contribution is 2.54. The number of carbonyl (C=O) groups excluding carboxylic acids is 1. The lowest BCUT2D eigenvalue weighted by molar-refractivity contribution is -0.122. The first-order valence-electron chi connectivity index (χ1n) is 5.60. The Morgan fingerprint density at radius 1 is 1.47 bits per heavy atom. The van der Waals surface area contributed by atoms with Crippen molar-refractivity contribution in [2.24, 2.45) is 24.8 Å². The van der Waals surface area contributed by atoms with Gasteiger partial charge in [0, 0.05) is 19.2 Å². The Bertz CT molecular complexity index is 388. The maximum atomic E-state index is 11.9. The lowest BCUT2D eigenvalue weighted by Crippen LogP contribution is -2.15. The molecule has 2 fully saturated rings. The Labute approximate surface area is 88.7 Å². The van der Waals surface area contributed by atoms with Gasteiger partial charge in [0.25, 0.3) is 0 Å². The average molecular weight is 205 g/mol. The molecule has 1 heterocycles. The van der Waals surface area contributed by atoms with Crippen molar-refractivity contribution in [3.63, 3.8) is 0 Å². The number of ketones is 1. The van der Waals surface area contributed by atoms with Gasteiger partial charge in [0.1, 0.15) is 5.78 Å². The molecule has 3 rings (SSSR count). The zero-order chi connectivity index (χ0) is 10.4. The fourth-order valence-electron chi connectivity index (χ4n) is 2.78. The van der Waals surface area contributed by atoms with E-state index in [2.05, 4.69) is 10.3 Å². The van der Waals surface area contributed by atoms with Crippen molar-refractivity contribution in [2.45, 2.75) is 25.7 Å². The Morgan fingerprint density at radius 3 is 2.80 bits per heavy atom. The first kappa shape index (κ1) is 9.07. The normalized spacial score (nSPS) is 32.7. The molecule has 1 aromatic rings. The SMILES string of the molecule is Cn1cc(CC(=O)C2CC3CC3C2)nn1. The summed E-state index contributed by atoms with van der Waals surface area (Å²) in [6.07, 6.45) is 5.92. The Balaban J connectivity index is 1.61. The third-order valence-corrected chi connectivity index (χ3v) is 3.70. The predicted molar refractivity (Wildman–Crippen MR) is 54.0 cm³/mol. The average Bonchev–Trinajstić information content (AvgIpc) is 2.61. The molecule has 2 aliphatic rings. The zero-order valence-corrected chi connectivity index (χ0v) is 8.89. The lowest BCUT2D eigenvalue weighted by Gasteiger charge is -2.08. The molecule has 1 aromatic heterocycles. The Hall–Kier alpha value is -1.19. The highest BCUT2D eigenvalue weighted by atomic mass is 16.1.